The SMILES string of the molecule is CNc1ccc2c(c1)N(c1ccc(Br)cn1)C(=O)CO2. The second-order valence-electron chi connectivity index (χ2n) is 4.28. The summed E-state index contributed by atoms with van der Waals surface area (Å²) in [6.45, 7) is 0.0175. The zero-order chi connectivity index (χ0) is 14.1. The number of amides is 1. The molecule has 2 aromatic rings. The molecule has 0 radical (unpaired) electrons. The minimum absolute atomic E-state index is 0.0175. The van der Waals surface area contributed by atoms with Crippen LogP contribution in [0.4, 0.5) is 17.2 Å². The zero-order valence-electron chi connectivity index (χ0n) is 10.8. The Bertz CT molecular complexity index is 658. The van der Waals surface area contributed by atoms with Gasteiger partial charge in [-0.1, -0.05) is 0 Å². The summed E-state index contributed by atoms with van der Waals surface area (Å²) in [5, 5.41) is 3.05. The highest BCUT2D eigenvalue weighted by atomic mass is 79.9. The predicted molar refractivity (Wildman–Crippen MR) is 80.6 cm³/mol. The molecule has 0 atom stereocenters. The largest absolute Gasteiger partial charge is 0.482 e. The summed E-state index contributed by atoms with van der Waals surface area (Å²) < 4.78 is 6.32. The summed E-state index contributed by atoms with van der Waals surface area (Å²) >= 11 is 3.34. The van der Waals surface area contributed by atoms with E-state index in [-0.39, 0.29) is 12.5 Å². The average molecular weight is 334 g/mol. The van der Waals surface area contributed by atoms with Crippen LogP contribution in [0.5, 0.6) is 5.75 Å². The highest BCUT2D eigenvalue weighted by molar-refractivity contribution is 9.10. The van der Waals surface area contributed by atoms with E-state index in [1.807, 2.05) is 31.3 Å². The number of carbonyl (C=O) groups is 1. The monoisotopic (exact) mass is 333 g/mol. The summed E-state index contributed by atoms with van der Waals surface area (Å²) in [5.74, 6) is 1.12. The number of carbonyl (C=O) groups excluding carboxylic acids is 1. The van der Waals surface area contributed by atoms with Crippen molar-refractivity contribution in [1.29, 1.82) is 0 Å². The van der Waals surface area contributed by atoms with Crippen LogP contribution in [0, 0.1) is 0 Å². The standard InChI is InChI=1S/C14H12BrN3O2/c1-16-10-3-4-12-11(6-10)18(14(19)8-20-12)13-5-2-9(15)7-17-13/h2-7,16H,8H2,1H3. The lowest BCUT2D eigenvalue weighted by molar-refractivity contribution is -0.120. The van der Waals surface area contributed by atoms with Crippen LogP contribution in [0.25, 0.3) is 0 Å². The van der Waals surface area contributed by atoms with Crippen molar-refractivity contribution in [3.8, 4) is 5.75 Å². The normalized spacial score (nSPS) is 13.7. The van der Waals surface area contributed by atoms with Crippen LogP contribution >= 0.6 is 15.9 Å². The molecule has 1 aromatic carbocycles. The number of fused-ring (bicyclic) bond motifs is 1. The quantitative estimate of drug-likeness (QED) is 0.918. The lowest BCUT2D eigenvalue weighted by Crippen LogP contribution is -2.35. The Morgan fingerprint density at radius 1 is 1.35 bits per heavy atom. The van der Waals surface area contributed by atoms with Crippen molar-refractivity contribution < 1.29 is 9.53 Å². The number of aromatic nitrogens is 1. The lowest BCUT2D eigenvalue weighted by atomic mass is 10.2. The van der Waals surface area contributed by atoms with Gasteiger partial charge in [-0.05, 0) is 46.3 Å². The number of benzene rings is 1. The second kappa shape index (κ2) is 5.13. The Hall–Kier alpha value is -2.08. The van der Waals surface area contributed by atoms with Gasteiger partial charge in [0, 0.05) is 23.4 Å². The molecule has 0 fully saturated rings. The molecule has 0 saturated heterocycles. The number of rotatable bonds is 2. The van der Waals surface area contributed by atoms with E-state index in [0.717, 1.165) is 10.2 Å². The topological polar surface area (TPSA) is 54.5 Å². The van der Waals surface area contributed by atoms with Gasteiger partial charge in [0.1, 0.15) is 11.6 Å². The van der Waals surface area contributed by atoms with Gasteiger partial charge in [-0.3, -0.25) is 9.69 Å². The first kappa shape index (κ1) is 12.9. The Morgan fingerprint density at radius 2 is 2.20 bits per heavy atom. The molecule has 5 nitrogen and oxygen atoms in total. The minimum atomic E-state index is -0.138. The summed E-state index contributed by atoms with van der Waals surface area (Å²) in [5.41, 5.74) is 1.60. The molecule has 1 aliphatic rings. The molecule has 1 N–H and O–H groups in total. The number of halogens is 1. The van der Waals surface area contributed by atoms with E-state index in [2.05, 4.69) is 26.2 Å². The smallest absolute Gasteiger partial charge is 0.270 e. The van der Waals surface area contributed by atoms with Crippen molar-refractivity contribution in [2.24, 2.45) is 0 Å². The molecule has 2 heterocycles. The van der Waals surface area contributed by atoms with Crippen LogP contribution < -0.4 is 15.0 Å². The molecule has 6 heteroatoms. The summed E-state index contributed by atoms with van der Waals surface area (Å²) in [7, 11) is 1.83. The van der Waals surface area contributed by atoms with Gasteiger partial charge in [0.25, 0.3) is 5.91 Å². The number of nitrogens with zero attached hydrogens (tertiary/aromatic N) is 2. The van der Waals surface area contributed by atoms with Gasteiger partial charge in [-0.25, -0.2) is 4.98 Å². The van der Waals surface area contributed by atoms with Crippen molar-refractivity contribution in [3.05, 3.63) is 41.0 Å². The molecule has 102 valence electrons. The maximum Gasteiger partial charge on any atom is 0.270 e. The summed E-state index contributed by atoms with van der Waals surface area (Å²) in [4.78, 5) is 18.0. The Labute approximate surface area is 124 Å². The maximum absolute atomic E-state index is 12.2. The first-order valence-corrected chi connectivity index (χ1v) is 6.87. The van der Waals surface area contributed by atoms with Crippen LogP contribution in [0.1, 0.15) is 0 Å². The molecule has 3 rings (SSSR count). The molecule has 20 heavy (non-hydrogen) atoms. The van der Waals surface area contributed by atoms with Gasteiger partial charge in [-0.15, -0.1) is 0 Å². The van der Waals surface area contributed by atoms with E-state index in [4.69, 9.17) is 4.74 Å². The Kier molecular flexibility index (Phi) is 3.31. The number of ether oxygens (including phenoxy) is 1. The van der Waals surface area contributed by atoms with Crippen molar-refractivity contribution in [3.63, 3.8) is 0 Å². The molecule has 1 aliphatic heterocycles. The van der Waals surface area contributed by atoms with Crippen molar-refractivity contribution in [2.75, 3.05) is 23.9 Å². The number of hydrogen-bond donors (Lipinski definition) is 1. The van der Waals surface area contributed by atoms with Crippen molar-refractivity contribution in [1.82, 2.24) is 4.98 Å². The van der Waals surface area contributed by atoms with Crippen molar-refractivity contribution >= 4 is 39.0 Å². The average Bonchev–Trinajstić information content (AvgIpc) is 2.48. The summed E-state index contributed by atoms with van der Waals surface area (Å²) in [6, 6.07) is 9.27. The van der Waals surface area contributed by atoms with Crippen LogP contribution in [0.2, 0.25) is 0 Å². The van der Waals surface area contributed by atoms with Gasteiger partial charge >= 0.3 is 0 Å². The first-order valence-electron chi connectivity index (χ1n) is 6.08. The van der Waals surface area contributed by atoms with E-state index >= 15 is 0 Å². The number of hydrogen-bond acceptors (Lipinski definition) is 4. The van der Waals surface area contributed by atoms with Gasteiger partial charge < -0.3 is 10.1 Å². The maximum atomic E-state index is 12.2. The zero-order valence-corrected chi connectivity index (χ0v) is 12.3. The molecule has 0 aliphatic carbocycles. The van der Waals surface area contributed by atoms with Crippen LogP contribution in [-0.2, 0) is 4.79 Å². The Balaban J connectivity index is 2.11. The summed E-state index contributed by atoms with van der Waals surface area (Å²) in [6.07, 6.45) is 1.67. The number of anilines is 3. The highest BCUT2D eigenvalue weighted by Crippen LogP contribution is 2.38. The fourth-order valence-corrected chi connectivity index (χ4v) is 2.29. The van der Waals surface area contributed by atoms with Crippen LogP contribution in [0.15, 0.2) is 41.0 Å². The first-order chi connectivity index (χ1) is 9.69. The van der Waals surface area contributed by atoms with Gasteiger partial charge in [0.15, 0.2) is 6.61 Å². The molecule has 0 bridgehead atoms. The van der Waals surface area contributed by atoms with Gasteiger partial charge in [-0.2, -0.15) is 0 Å². The third kappa shape index (κ3) is 2.22. The highest BCUT2D eigenvalue weighted by Gasteiger charge is 2.28. The minimum Gasteiger partial charge on any atom is -0.482 e. The molecule has 1 aromatic heterocycles. The molecule has 0 saturated carbocycles. The van der Waals surface area contributed by atoms with Gasteiger partial charge in [0.2, 0.25) is 0 Å². The van der Waals surface area contributed by atoms with Crippen molar-refractivity contribution in [2.45, 2.75) is 0 Å². The molecule has 0 unspecified atom stereocenters. The second-order valence-corrected chi connectivity index (χ2v) is 5.20. The van der Waals surface area contributed by atoms with E-state index in [0.29, 0.717) is 17.3 Å². The number of nitrogens with one attached hydrogen (secondary N) is 1. The predicted octanol–water partition coefficient (Wildman–Crippen LogP) is 2.94. The van der Waals surface area contributed by atoms with E-state index < -0.39 is 0 Å². The molecular formula is C14H12BrN3O2. The third-order valence-corrected chi connectivity index (χ3v) is 3.50. The fourth-order valence-electron chi connectivity index (χ4n) is 2.06. The molecular weight excluding hydrogens is 322 g/mol. The van der Waals surface area contributed by atoms with E-state index in [1.165, 1.54) is 0 Å². The lowest BCUT2D eigenvalue weighted by Gasteiger charge is -2.29. The van der Waals surface area contributed by atoms with Crippen LogP contribution in [-0.4, -0.2) is 24.5 Å². The third-order valence-electron chi connectivity index (χ3n) is 3.03. The van der Waals surface area contributed by atoms with E-state index in [1.54, 1.807) is 17.2 Å². The molecule has 0 spiro atoms. The Morgan fingerprint density at radius 3 is 2.90 bits per heavy atom. The van der Waals surface area contributed by atoms with Crippen LogP contribution in [0.3, 0.4) is 0 Å². The fraction of sp³-hybridized carbons (Fsp3) is 0.143. The van der Waals surface area contributed by atoms with Gasteiger partial charge in [0.05, 0.1) is 5.69 Å². The number of pyridine rings is 1. The van der Waals surface area contributed by atoms with E-state index in [9.17, 15) is 4.79 Å². The molecule has 1 amide bonds.